The fourth-order valence-corrected chi connectivity index (χ4v) is 0. The zero-order valence-corrected chi connectivity index (χ0v) is 18.3. The quantitative estimate of drug-likeness (QED) is 0.230. The Bertz CT molecular complexity index is 83.0. The predicted octanol–water partition coefficient (Wildman–Crippen LogP) is 9.46. The average Bonchev–Trinajstić information content (AvgIpc) is 1.00. The van der Waals surface area contributed by atoms with Crippen molar-refractivity contribution in [3.05, 3.63) is 0 Å². The van der Waals surface area contributed by atoms with Crippen molar-refractivity contribution in [3.63, 3.8) is 0 Å². The summed E-state index contributed by atoms with van der Waals surface area (Å²) >= 11 is 0. The molecule has 0 aromatic carbocycles. The molecular formula is C18H95LaMnN2NdO4Y+22. The van der Waals surface area contributed by atoms with Crippen molar-refractivity contribution in [2.24, 2.45) is 0 Å². The van der Waals surface area contributed by atoms with E-state index in [1.165, 1.54) is 0 Å². The smallest absolute Gasteiger partial charge is 0.412 e. The molecule has 196 valence electrons. The zero-order valence-electron chi connectivity index (χ0n) is 18.4. The predicted molar refractivity (Wildman–Crippen MR) is 156 cm³/mol. The second-order valence-corrected chi connectivity index (χ2v) is 0. The van der Waals surface area contributed by atoms with Gasteiger partial charge >= 0.3 is 142 Å². The topological polar surface area (TPSA) is 196 Å². The minimum absolute atomic E-state index is 0. The van der Waals surface area contributed by atoms with Crippen LogP contribution in [0, 0.1) is 76.4 Å². The fraction of sp³-hybridized carbons (Fsp3) is 1.00. The van der Waals surface area contributed by atoms with Gasteiger partial charge in [-0.2, -0.15) is 0 Å². The fourth-order valence-electron chi connectivity index (χ4n) is 0. The normalized spacial score (nSPS) is 0.214. The van der Waals surface area contributed by atoms with Gasteiger partial charge in [-0.3, -0.25) is 0 Å². The van der Waals surface area contributed by atoms with Gasteiger partial charge in [0, 0.05) is 0 Å². The molecular weight excluding hydrogens is 735 g/mol. The van der Waals surface area contributed by atoms with E-state index in [4.69, 9.17) is 0 Å². The van der Waals surface area contributed by atoms with Crippen molar-refractivity contribution in [3.8, 4) is 0 Å². The Kier molecular flexibility index (Phi) is 80600. The SMILES string of the molecule is C.C.C.C.C.C.C.C.C.C.C.C.C.C.C.C.CC.N.N.O.O.O.O.[H+].[H+].[H+].[H+].[H+].[H+].[H+].[H+].[H+].[H+].[H+].[La+3].[Mn+2].[Nd+3].[Y+3]. The molecule has 0 atom stereocenters. The van der Waals surface area contributed by atoms with Crippen LogP contribution in [0.2, 0.25) is 0 Å². The molecule has 14 N–H and O–H groups in total. The monoisotopic (exact) mass is 828 g/mol. The molecule has 28 heavy (non-hydrogen) atoms. The van der Waals surface area contributed by atoms with E-state index < -0.39 is 0 Å². The van der Waals surface area contributed by atoms with Gasteiger partial charge in [-0.15, -0.1) is 0 Å². The first-order valence-corrected chi connectivity index (χ1v) is 1.00. The summed E-state index contributed by atoms with van der Waals surface area (Å²) in [6.07, 6.45) is 0. The van der Waals surface area contributed by atoms with Crippen LogP contribution in [0.3, 0.4) is 0 Å². The van der Waals surface area contributed by atoms with E-state index in [-0.39, 0.29) is 295 Å². The van der Waals surface area contributed by atoms with Gasteiger partial charge in [0.15, 0.2) is 0 Å². The van der Waals surface area contributed by atoms with Crippen LogP contribution in [-0.4, -0.2) is 21.9 Å². The van der Waals surface area contributed by atoms with Gasteiger partial charge in [0.05, 0.1) is 0 Å². The molecule has 0 aromatic heterocycles. The summed E-state index contributed by atoms with van der Waals surface area (Å²) < 4.78 is 0. The summed E-state index contributed by atoms with van der Waals surface area (Å²) in [5, 5.41) is 0. The Morgan fingerprint density at radius 3 is 0.357 bits per heavy atom. The molecule has 6 nitrogen and oxygen atoms in total. The van der Waals surface area contributed by atoms with Crippen LogP contribution in [0.1, 0.15) is 148 Å². The van der Waals surface area contributed by atoms with E-state index >= 15 is 0 Å². The number of hydrogen-bond acceptors (Lipinski definition) is 2. The summed E-state index contributed by atoms with van der Waals surface area (Å²) in [5.74, 6) is 0. The van der Waals surface area contributed by atoms with Crippen molar-refractivity contribution in [1.82, 2.24) is 12.3 Å². The number of hydrogen-bond donors (Lipinski definition) is 2. The first kappa shape index (κ1) is 1260. The Hall–Kier alpha value is 3.93. The molecule has 10 heteroatoms. The molecule has 0 aliphatic heterocycles. The average molecular weight is 831 g/mol. The van der Waals surface area contributed by atoms with Gasteiger partial charge in [-0.1, -0.05) is 133 Å². The third-order valence-corrected chi connectivity index (χ3v) is 0. The van der Waals surface area contributed by atoms with Gasteiger partial charge in [0.1, 0.15) is 0 Å². The first-order valence-electron chi connectivity index (χ1n) is 1.00. The summed E-state index contributed by atoms with van der Waals surface area (Å²) in [6, 6.07) is 0. The van der Waals surface area contributed by atoms with E-state index in [2.05, 4.69) is 0 Å². The summed E-state index contributed by atoms with van der Waals surface area (Å²) in [6.45, 7) is 4.00. The third-order valence-electron chi connectivity index (χ3n) is 0. The van der Waals surface area contributed by atoms with E-state index in [1.807, 2.05) is 13.8 Å². The van der Waals surface area contributed by atoms with E-state index in [0.29, 0.717) is 0 Å². The van der Waals surface area contributed by atoms with E-state index in [1.54, 1.807) is 0 Å². The Balaban J connectivity index is -0.00000000000751. The summed E-state index contributed by atoms with van der Waals surface area (Å²) in [7, 11) is 0. The summed E-state index contributed by atoms with van der Waals surface area (Å²) in [4.78, 5) is 0. The van der Waals surface area contributed by atoms with E-state index in [9.17, 15) is 0 Å². The molecule has 0 amide bonds. The zero-order chi connectivity index (χ0) is 2.00. The molecule has 0 fully saturated rings. The van der Waals surface area contributed by atoms with Crippen LogP contribution in [0.5, 0.6) is 0 Å². The molecule has 0 aromatic rings. The minimum Gasteiger partial charge on any atom is -0.412 e. The third kappa shape index (κ3) is 1620. The van der Waals surface area contributed by atoms with Crippen LogP contribution >= 0.6 is 0 Å². The Morgan fingerprint density at radius 1 is 0.357 bits per heavy atom. The van der Waals surface area contributed by atoms with Gasteiger partial charge < -0.3 is 34.2 Å². The van der Waals surface area contributed by atoms with Crippen molar-refractivity contribution in [2.75, 3.05) is 0 Å². The maximum absolute atomic E-state index is 2.00. The van der Waals surface area contributed by atoms with Crippen LogP contribution in [0.4, 0.5) is 0 Å². The number of rotatable bonds is 0. The van der Waals surface area contributed by atoms with Gasteiger partial charge in [0.25, 0.3) is 0 Å². The van der Waals surface area contributed by atoms with E-state index in [0.717, 1.165) is 0 Å². The molecule has 0 rings (SSSR count). The second kappa shape index (κ2) is 1790. The molecule has 0 aliphatic carbocycles. The minimum atomic E-state index is 0. The molecule has 0 bridgehead atoms. The maximum atomic E-state index is 2.00. The maximum Gasteiger partial charge on any atom is 3.00 e. The van der Waals surface area contributed by atoms with Crippen LogP contribution < -0.4 is 12.3 Å². The van der Waals surface area contributed by atoms with Crippen molar-refractivity contribution < 1.29 is 164 Å². The molecule has 0 heterocycles. The van der Waals surface area contributed by atoms with Crippen molar-refractivity contribution in [2.45, 2.75) is 133 Å². The molecule has 2 radical (unpaired) electrons. The Labute approximate surface area is 305 Å². The van der Waals surface area contributed by atoms with Crippen LogP contribution in [0.25, 0.3) is 0 Å². The standard InChI is InChI=1S/C2H6.16CH4.La.Mn.2H3N.Nd.4H2O.Y/c1-2;;;;;;;;;;;;;;;;;;;;;;;;;;/h1-2H3;16*1H4;;;2*1H3;;4*1H2;/q;;;;;;;;;;;;;;;;;+3;+2;;;+3;;;;;+3/p+11. The molecule has 0 aliphatic rings. The van der Waals surface area contributed by atoms with Crippen molar-refractivity contribution in [1.29, 1.82) is 0 Å². The first-order chi connectivity index (χ1) is 1.00. The van der Waals surface area contributed by atoms with Gasteiger partial charge in [-0.25, -0.2) is 0 Å². The van der Waals surface area contributed by atoms with Gasteiger partial charge in [-0.05, 0) is 0 Å². The van der Waals surface area contributed by atoms with Crippen LogP contribution in [0.15, 0.2) is 0 Å². The Morgan fingerprint density at radius 2 is 0.357 bits per heavy atom. The van der Waals surface area contributed by atoms with Crippen molar-refractivity contribution >= 4 is 0 Å². The molecule has 0 spiro atoms. The summed E-state index contributed by atoms with van der Waals surface area (Å²) in [5.41, 5.74) is 0. The van der Waals surface area contributed by atoms with Crippen LogP contribution in [-0.2, 0) is 49.8 Å². The molecule has 0 saturated heterocycles. The van der Waals surface area contributed by atoms with Gasteiger partial charge in [0.2, 0.25) is 0 Å². The second-order valence-electron chi connectivity index (χ2n) is 0. The molecule has 0 unspecified atom stereocenters. The molecule has 0 saturated carbocycles. The largest absolute Gasteiger partial charge is 3.00 e.